The zero-order chi connectivity index (χ0) is 30.0. The Morgan fingerprint density at radius 3 is 2.38 bits per heavy atom. The molecule has 0 bridgehead atoms. The predicted octanol–water partition coefficient (Wildman–Crippen LogP) is 6.64. The van der Waals surface area contributed by atoms with Gasteiger partial charge in [0, 0.05) is 29.8 Å². The number of methoxy groups -OCH3 is 1. The average Bonchev–Trinajstić information content (AvgIpc) is 3.35. The van der Waals surface area contributed by atoms with E-state index in [4.69, 9.17) is 9.72 Å². The Balaban J connectivity index is 1.73. The number of ether oxygens (including phenoxy) is 1. The first kappa shape index (κ1) is 29.3. The van der Waals surface area contributed by atoms with E-state index < -0.39 is 0 Å². The van der Waals surface area contributed by atoms with Crippen molar-refractivity contribution < 1.29 is 9.13 Å². The van der Waals surface area contributed by atoms with E-state index in [9.17, 15) is 9.18 Å². The number of halogens is 1. The van der Waals surface area contributed by atoms with Crippen molar-refractivity contribution in [3.63, 3.8) is 0 Å². The summed E-state index contributed by atoms with van der Waals surface area (Å²) in [6.45, 7) is 9.85. The number of rotatable bonds is 9. The van der Waals surface area contributed by atoms with Crippen molar-refractivity contribution >= 4 is 5.78 Å². The molecular formula is C35H39FN4O2. The lowest BCUT2D eigenvalue weighted by atomic mass is 9.90. The normalized spacial score (nSPS) is 11.9. The molecule has 6 nitrogen and oxygen atoms in total. The average molecular weight is 567 g/mol. The van der Waals surface area contributed by atoms with Gasteiger partial charge in [0.15, 0.2) is 0 Å². The highest BCUT2D eigenvalue weighted by atomic mass is 19.1. The summed E-state index contributed by atoms with van der Waals surface area (Å²) in [5, 5.41) is 0. The number of likely N-dealkylation sites (N-methyl/N-ethyl adjacent to an activating group) is 1. The molecular weight excluding hydrogens is 527 g/mol. The first-order valence-electron chi connectivity index (χ1n) is 14.3. The fraction of sp³-hybridized carbons (Fsp3) is 0.314. The number of fused-ring (bicyclic) bond motifs is 1. The van der Waals surface area contributed by atoms with Crippen LogP contribution in [0.3, 0.4) is 0 Å². The van der Waals surface area contributed by atoms with Crippen LogP contribution in [0.4, 0.5) is 4.39 Å². The summed E-state index contributed by atoms with van der Waals surface area (Å²) in [6, 6.07) is 24.7. The van der Waals surface area contributed by atoms with Crippen molar-refractivity contribution in [1.82, 2.24) is 18.9 Å². The molecule has 0 aliphatic carbocycles. The van der Waals surface area contributed by atoms with E-state index in [0.717, 1.165) is 35.6 Å². The first-order valence-corrected chi connectivity index (χ1v) is 14.3. The molecule has 0 radical (unpaired) electrons. The molecule has 0 unspecified atom stereocenters. The molecule has 0 saturated heterocycles. The zero-order valence-electron chi connectivity index (χ0n) is 25.3. The highest BCUT2D eigenvalue weighted by molar-refractivity contribution is 5.68. The Morgan fingerprint density at radius 2 is 1.69 bits per heavy atom. The van der Waals surface area contributed by atoms with Crippen LogP contribution in [-0.4, -0.2) is 39.6 Å². The zero-order valence-corrected chi connectivity index (χ0v) is 25.3. The van der Waals surface area contributed by atoms with Gasteiger partial charge in [-0.2, -0.15) is 0 Å². The summed E-state index contributed by atoms with van der Waals surface area (Å²) in [5.41, 5.74) is 5.05. The summed E-state index contributed by atoms with van der Waals surface area (Å²) in [5.74, 6) is 0.887. The summed E-state index contributed by atoms with van der Waals surface area (Å²) in [7, 11) is 3.68. The van der Waals surface area contributed by atoms with Gasteiger partial charge < -0.3 is 14.2 Å². The molecule has 0 N–H and O–H groups in total. The largest absolute Gasteiger partial charge is 0.497 e. The highest BCUT2D eigenvalue weighted by Crippen LogP contribution is 2.31. The van der Waals surface area contributed by atoms with E-state index in [0.29, 0.717) is 29.2 Å². The third kappa shape index (κ3) is 5.88. The van der Waals surface area contributed by atoms with Gasteiger partial charge in [0.2, 0.25) is 5.78 Å². The molecule has 0 atom stereocenters. The molecule has 0 aliphatic rings. The van der Waals surface area contributed by atoms with Gasteiger partial charge in [-0.05, 0) is 49.7 Å². The number of hydrogen-bond acceptors (Lipinski definition) is 4. The minimum absolute atomic E-state index is 0.144. The maximum atomic E-state index is 15.0. The lowest BCUT2D eigenvalue weighted by molar-refractivity contribution is 0.322. The van der Waals surface area contributed by atoms with E-state index in [1.54, 1.807) is 23.6 Å². The first-order chi connectivity index (χ1) is 20.1. The summed E-state index contributed by atoms with van der Waals surface area (Å²) in [4.78, 5) is 21.9. The Labute approximate surface area is 247 Å². The smallest absolute Gasteiger partial charge is 0.267 e. The fourth-order valence-corrected chi connectivity index (χ4v) is 5.53. The van der Waals surface area contributed by atoms with E-state index in [1.165, 1.54) is 11.6 Å². The van der Waals surface area contributed by atoms with E-state index >= 15 is 0 Å². The van der Waals surface area contributed by atoms with Crippen LogP contribution >= 0.6 is 0 Å². The lowest BCUT2D eigenvalue weighted by Gasteiger charge is -2.22. The molecule has 3 aromatic carbocycles. The number of aromatic nitrogens is 3. The molecule has 42 heavy (non-hydrogen) atoms. The molecule has 5 rings (SSSR count). The van der Waals surface area contributed by atoms with Crippen LogP contribution in [0.15, 0.2) is 83.7 Å². The van der Waals surface area contributed by atoms with Gasteiger partial charge in [-0.3, -0.25) is 4.79 Å². The molecule has 218 valence electrons. The molecule has 5 aromatic rings. The Kier molecular flexibility index (Phi) is 8.32. The Morgan fingerprint density at radius 1 is 0.976 bits per heavy atom. The lowest BCUT2D eigenvalue weighted by Crippen LogP contribution is -2.29. The van der Waals surface area contributed by atoms with E-state index in [1.807, 2.05) is 47.9 Å². The maximum Gasteiger partial charge on any atom is 0.267 e. The number of hydrogen-bond donors (Lipinski definition) is 0. The molecule has 0 saturated carbocycles. The summed E-state index contributed by atoms with van der Waals surface area (Å²) in [6.07, 6.45) is 0.893. The molecule has 0 fully saturated rings. The second-order valence-electron chi connectivity index (χ2n) is 11.9. The number of nitrogens with zero attached hydrogens (tertiary/aromatic N) is 4. The van der Waals surface area contributed by atoms with Crippen LogP contribution in [0.25, 0.3) is 16.9 Å². The standard InChI is InChI=1S/C35H39FN4O2/c1-24-31(26-16-12-17-28(21-26)42-6)33(41)40-30(23-38(5)20-19-25-13-8-7-9-14-25)32(35(2,3)4)37-34(40)39(24)22-27-15-10-11-18-29(27)36/h7-18,21H,19-20,22-23H2,1-6H3. The SMILES string of the molecule is COc1cccc(-c2c(C)n(Cc3ccccc3F)c3nc(C(C)(C)C)c(CN(C)CCc4ccccc4)n3c2=O)c1. The Bertz CT molecular complexity index is 1770. The van der Waals surface area contributed by atoms with Gasteiger partial charge in [-0.25, -0.2) is 13.8 Å². The minimum atomic E-state index is -0.325. The van der Waals surface area contributed by atoms with Crippen molar-refractivity contribution in [1.29, 1.82) is 0 Å². The third-order valence-electron chi connectivity index (χ3n) is 7.78. The maximum absolute atomic E-state index is 15.0. The van der Waals surface area contributed by atoms with Gasteiger partial charge in [-0.1, -0.05) is 81.4 Å². The second kappa shape index (κ2) is 11.9. The monoisotopic (exact) mass is 566 g/mol. The topological polar surface area (TPSA) is 51.8 Å². The van der Waals surface area contributed by atoms with Crippen LogP contribution in [0.2, 0.25) is 0 Å². The second-order valence-corrected chi connectivity index (χ2v) is 11.9. The van der Waals surface area contributed by atoms with Crippen molar-refractivity contribution in [2.24, 2.45) is 0 Å². The quantitative estimate of drug-likeness (QED) is 0.201. The summed E-state index contributed by atoms with van der Waals surface area (Å²) >= 11 is 0. The van der Waals surface area contributed by atoms with Crippen LogP contribution in [-0.2, 0) is 24.9 Å². The Hall–Kier alpha value is -4.23. The van der Waals surface area contributed by atoms with Crippen molar-refractivity contribution in [2.45, 2.75) is 52.6 Å². The van der Waals surface area contributed by atoms with Gasteiger partial charge in [-0.15, -0.1) is 0 Å². The molecule has 0 spiro atoms. The predicted molar refractivity (Wildman–Crippen MR) is 167 cm³/mol. The molecule has 0 amide bonds. The third-order valence-corrected chi connectivity index (χ3v) is 7.78. The van der Waals surface area contributed by atoms with Crippen LogP contribution in [0, 0.1) is 12.7 Å². The van der Waals surface area contributed by atoms with Crippen LogP contribution < -0.4 is 10.3 Å². The van der Waals surface area contributed by atoms with Gasteiger partial charge >= 0.3 is 0 Å². The van der Waals surface area contributed by atoms with Crippen molar-refractivity contribution in [2.75, 3.05) is 20.7 Å². The van der Waals surface area contributed by atoms with E-state index in [-0.39, 0.29) is 23.3 Å². The molecule has 2 heterocycles. The van der Waals surface area contributed by atoms with Gasteiger partial charge in [0.1, 0.15) is 11.6 Å². The van der Waals surface area contributed by atoms with Gasteiger partial charge in [0.05, 0.1) is 30.6 Å². The fourth-order valence-electron chi connectivity index (χ4n) is 5.53. The van der Waals surface area contributed by atoms with Crippen LogP contribution in [0.1, 0.15) is 49.0 Å². The molecule has 2 aromatic heterocycles. The van der Waals surface area contributed by atoms with Gasteiger partial charge in [0.25, 0.3) is 5.56 Å². The highest BCUT2D eigenvalue weighted by Gasteiger charge is 2.29. The molecule has 0 aliphatic heterocycles. The number of imidazole rings is 1. The van der Waals surface area contributed by atoms with Crippen LogP contribution in [0.5, 0.6) is 5.75 Å². The van der Waals surface area contributed by atoms with E-state index in [2.05, 4.69) is 57.0 Å². The number of benzene rings is 3. The van der Waals surface area contributed by atoms with Crippen molar-refractivity contribution in [3.05, 3.63) is 123 Å². The van der Waals surface area contributed by atoms with Crippen molar-refractivity contribution in [3.8, 4) is 16.9 Å². The summed E-state index contributed by atoms with van der Waals surface area (Å²) < 4.78 is 24.2. The molecule has 7 heteroatoms. The minimum Gasteiger partial charge on any atom is -0.497 e.